The lowest BCUT2D eigenvalue weighted by atomic mass is 9.87. The number of aromatic nitrogens is 1. The minimum atomic E-state index is -0.455. The number of amides is 2. The van der Waals surface area contributed by atoms with Gasteiger partial charge < -0.3 is 4.57 Å². The Hall–Kier alpha value is -2.73. The Morgan fingerprint density at radius 2 is 1.72 bits per heavy atom. The Morgan fingerprint density at radius 1 is 1.10 bits per heavy atom. The largest absolute Gasteiger partial charge is 0.318 e. The molecular formula is C23H27N3O2S. The van der Waals surface area contributed by atoms with Gasteiger partial charge in [-0.15, -0.1) is 0 Å². The number of thiocarbonyl (C=S) groups is 1. The topological polar surface area (TPSA) is 54.3 Å². The first-order valence-corrected chi connectivity index (χ1v) is 10.1. The molecule has 1 aliphatic rings. The van der Waals surface area contributed by atoms with Crippen LogP contribution in [0.5, 0.6) is 0 Å². The van der Waals surface area contributed by atoms with E-state index in [9.17, 15) is 9.59 Å². The monoisotopic (exact) mass is 409 g/mol. The lowest BCUT2D eigenvalue weighted by molar-refractivity contribution is -0.128. The smallest absolute Gasteiger partial charge is 0.265 e. The molecule has 0 unspecified atom stereocenters. The Kier molecular flexibility index (Phi) is 5.50. The number of hydrogen-bond acceptors (Lipinski definition) is 3. The third kappa shape index (κ3) is 3.90. The van der Waals surface area contributed by atoms with E-state index in [1.165, 1.54) is 10.5 Å². The van der Waals surface area contributed by atoms with Crippen molar-refractivity contribution in [3.05, 3.63) is 58.4 Å². The number of hydrogen-bond donors (Lipinski definition) is 1. The molecule has 1 aliphatic heterocycles. The number of carbonyl (C=O) groups excluding carboxylic acids is 2. The van der Waals surface area contributed by atoms with Crippen molar-refractivity contribution in [3.63, 3.8) is 0 Å². The van der Waals surface area contributed by atoms with Gasteiger partial charge in [0, 0.05) is 23.6 Å². The van der Waals surface area contributed by atoms with Crippen molar-refractivity contribution in [1.82, 2.24) is 14.8 Å². The van der Waals surface area contributed by atoms with Gasteiger partial charge in [-0.3, -0.25) is 19.8 Å². The fraction of sp³-hybridized carbons (Fsp3) is 0.348. The summed E-state index contributed by atoms with van der Waals surface area (Å²) in [6.45, 7) is 12.8. The second kappa shape index (κ2) is 7.59. The van der Waals surface area contributed by atoms with E-state index in [-0.39, 0.29) is 22.0 Å². The van der Waals surface area contributed by atoms with E-state index in [0.717, 1.165) is 22.6 Å². The molecule has 1 saturated heterocycles. The number of carbonyl (C=O) groups is 2. The summed E-state index contributed by atoms with van der Waals surface area (Å²) in [4.78, 5) is 26.4. The second-order valence-corrected chi connectivity index (χ2v) is 8.71. The van der Waals surface area contributed by atoms with Gasteiger partial charge in [-0.25, -0.2) is 0 Å². The molecule has 152 valence electrons. The highest BCUT2D eigenvalue weighted by Gasteiger charge is 2.32. The SMILES string of the molecule is CCN1C(=O)/C(=C/c2cc(C)n(-c3ccc(C(C)(C)C)cc3)c2C)C(=O)NC1=S. The summed E-state index contributed by atoms with van der Waals surface area (Å²) in [5.41, 5.74) is 5.35. The summed E-state index contributed by atoms with van der Waals surface area (Å²) in [5, 5.41) is 2.75. The Balaban J connectivity index is 2.02. The highest BCUT2D eigenvalue weighted by Crippen LogP contribution is 2.27. The Labute approximate surface area is 177 Å². The van der Waals surface area contributed by atoms with E-state index < -0.39 is 5.91 Å². The standard InChI is InChI=1S/C23H27N3O2S/c1-7-25-21(28)19(20(27)24-22(25)29)13-16-12-14(2)26(15(16)3)18-10-8-17(9-11-18)23(4,5)6/h8-13H,7H2,1-6H3,(H,24,27,29)/b19-13+. The van der Waals surface area contributed by atoms with Crippen LogP contribution in [0.4, 0.5) is 0 Å². The molecule has 0 aliphatic carbocycles. The fourth-order valence-electron chi connectivity index (χ4n) is 3.58. The van der Waals surface area contributed by atoms with Crippen LogP contribution in [0, 0.1) is 13.8 Å². The first kappa shape index (κ1) is 21.0. The molecule has 0 atom stereocenters. The lowest BCUT2D eigenvalue weighted by Crippen LogP contribution is -2.53. The van der Waals surface area contributed by atoms with Crippen LogP contribution in [0.2, 0.25) is 0 Å². The molecule has 1 fully saturated rings. The summed E-state index contributed by atoms with van der Waals surface area (Å²) in [6, 6.07) is 10.5. The molecule has 29 heavy (non-hydrogen) atoms. The molecule has 0 spiro atoms. The number of nitrogens with one attached hydrogen (secondary N) is 1. The predicted octanol–water partition coefficient (Wildman–Crippen LogP) is 4.04. The molecule has 1 aromatic carbocycles. The van der Waals surface area contributed by atoms with Crippen LogP contribution in [0.15, 0.2) is 35.9 Å². The van der Waals surface area contributed by atoms with Gasteiger partial charge in [0.1, 0.15) is 5.57 Å². The Bertz CT molecular complexity index is 1020. The fourth-order valence-corrected chi connectivity index (χ4v) is 3.88. The van der Waals surface area contributed by atoms with E-state index in [2.05, 4.69) is 54.9 Å². The van der Waals surface area contributed by atoms with Crippen molar-refractivity contribution in [2.45, 2.75) is 47.0 Å². The average molecular weight is 410 g/mol. The first-order valence-electron chi connectivity index (χ1n) is 9.73. The van der Waals surface area contributed by atoms with Gasteiger partial charge in [-0.05, 0) is 73.8 Å². The number of nitrogens with zero attached hydrogens (tertiary/aromatic N) is 2. The van der Waals surface area contributed by atoms with Crippen molar-refractivity contribution in [2.24, 2.45) is 0 Å². The average Bonchev–Trinajstić information content (AvgIpc) is 2.91. The summed E-state index contributed by atoms with van der Waals surface area (Å²) in [7, 11) is 0. The van der Waals surface area contributed by atoms with Crippen LogP contribution in [-0.2, 0) is 15.0 Å². The van der Waals surface area contributed by atoms with Gasteiger partial charge in [0.2, 0.25) is 0 Å². The zero-order valence-electron chi connectivity index (χ0n) is 17.8. The number of benzene rings is 1. The molecule has 1 aromatic heterocycles. The third-order valence-electron chi connectivity index (χ3n) is 5.26. The highest BCUT2D eigenvalue weighted by molar-refractivity contribution is 7.80. The highest BCUT2D eigenvalue weighted by atomic mass is 32.1. The van der Waals surface area contributed by atoms with Crippen LogP contribution in [0.25, 0.3) is 11.8 Å². The summed E-state index contributed by atoms with van der Waals surface area (Å²) in [6.07, 6.45) is 1.66. The van der Waals surface area contributed by atoms with Gasteiger partial charge in [-0.2, -0.15) is 0 Å². The van der Waals surface area contributed by atoms with Crippen molar-refractivity contribution < 1.29 is 9.59 Å². The van der Waals surface area contributed by atoms with Crippen molar-refractivity contribution in [1.29, 1.82) is 0 Å². The molecule has 0 bridgehead atoms. The minimum absolute atomic E-state index is 0.0926. The van der Waals surface area contributed by atoms with Gasteiger partial charge in [-0.1, -0.05) is 32.9 Å². The normalized spacial score (nSPS) is 16.6. The predicted molar refractivity (Wildman–Crippen MR) is 120 cm³/mol. The van der Waals surface area contributed by atoms with Crippen molar-refractivity contribution >= 4 is 35.2 Å². The van der Waals surface area contributed by atoms with E-state index in [1.54, 1.807) is 6.08 Å². The number of rotatable bonds is 3. The van der Waals surface area contributed by atoms with Crippen LogP contribution >= 0.6 is 12.2 Å². The van der Waals surface area contributed by atoms with Gasteiger partial charge >= 0.3 is 0 Å². The molecule has 1 N–H and O–H groups in total. The molecule has 5 nitrogen and oxygen atoms in total. The molecule has 2 heterocycles. The third-order valence-corrected chi connectivity index (χ3v) is 5.59. The maximum atomic E-state index is 12.7. The quantitative estimate of drug-likeness (QED) is 0.473. The summed E-state index contributed by atoms with van der Waals surface area (Å²) >= 11 is 5.09. The lowest BCUT2D eigenvalue weighted by Gasteiger charge is -2.27. The zero-order chi connectivity index (χ0) is 21.5. The summed E-state index contributed by atoms with van der Waals surface area (Å²) in [5.74, 6) is -0.815. The van der Waals surface area contributed by atoms with Crippen molar-refractivity contribution in [3.8, 4) is 5.69 Å². The number of aryl methyl sites for hydroxylation is 1. The summed E-state index contributed by atoms with van der Waals surface area (Å²) < 4.78 is 2.13. The molecule has 2 amide bonds. The van der Waals surface area contributed by atoms with E-state index in [4.69, 9.17) is 12.2 Å². The number of likely N-dealkylation sites (N-methyl/N-ethyl adjacent to an activating group) is 1. The zero-order valence-corrected chi connectivity index (χ0v) is 18.6. The van der Waals surface area contributed by atoms with Crippen molar-refractivity contribution in [2.75, 3.05) is 6.54 Å². The first-order chi connectivity index (χ1) is 13.5. The molecule has 0 saturated carbocycles. The van der Waals surface area contributed by atoms with Gasteiger partial charge in [0.15, 0.2) is 5.11 Å². The Morgan fingerprint density at radius 3 is 2.28 bits per heavy atom. The van der Waals surface area contributed by atoms with Gasteiger partial charge in [0.25, 0.3) is 11.8 Å². The molecule has 3 rings (SSSR count). The molecule has 0 radical (unpaired) electrons. The maximum Gasteiger partial charge on any atom is 0.265 e. The van der Waals surface area contributed by atoms with Crippen LogP contribution in [0.1, 0.15) is 50.2 Å². The van der Waals surface area contributed by atoms with Crippen LogP contribution in [-0.4, -0.2) is 32.9 Å². The minimum Gasteiger partial charge on any atom is -0.318 e. The van der Waals surface area contributed by atoms with E-state index >= 15 is 0 Å². The van der Waals surface area contributed by atoms with E-state index in [0.29, 0.717) is 6.54 Å². The van der Waals surface area contributed by atoms with Gasteiger partial charge in [0.05, 0.1) is 0 Å². The molecule has 6 heteroatoms. The maximum absolute atomic E-state index is 12.7. The van der Waals surface area contributed by atoms with Crippen LogP contribution in [0.3, 0.4) is 0 Å². The van der Waals surface area contributed by atoms with Crippen LogP contribution < -0.4 is 5.32 Å². The molecular weight excluding hydrogens is 382 g/mol. The second-order valence-electron chi connectivity index (χ2n) is 8.33. The van der Waals surface area contributed by atoms with E-state index in [1.807, 2.05) is 26.8 Å². The molecule has 2 aromatic rings.